The zero-order chi connectivity index (χ0) is 16.1. The quantitative estimate of drug-likeness (QED) is 0.792. The number of ether oxygens (including phenoxy) is 1. The van der Waals surface area contributed by atoms with Crippen molar-refractivity contribution < 1.29 is 18.7 Å². The van der Waals surface area contributed by atoms with Crippen LogP contribution >= 0.6 is 0 Å². The average Bonchev–Trinajstić information content (AvgIpc) is 2.44. The summed E-state index contributed by atoms with van der Waals surface area (Å²) in [5.41, 5.74) is 1.02. The summed E-state index contributed by atoms with van der Waals surface area (Å²) in [6.45, 7) is 4.97. The van der Waals surface area contributed by atoms with E-state index in [0.717, 1.165) is 0 Å². The molecule has 1 atom stereocenters. The maximum atomic E-state index is 13.2. The molecule has 0 saturated heterocycles. The Hall–Kier alpha value is -1.95. The Morgan fingerprint density at radius 2 is 2.27 bits per heavy atom. The van der Waals surface area contributed by atoms with Crippen molar-refractivity contribution in [3.8, 4) is 0 Å². The van der Waals surface area contributed by atoms with Crippen molar-refractivity contribution in [1.29, 1.82) is 0 Å². The second-order valence-corrected chi connectivity index (χ2v) is 5.60. The molecule has 0 bridgehead atoms. The van der Waals surface area contributed by atoms with E-state index in [1.165, 1.54) is 12.1 Å². The first kappa shape index (κ1) is 16.4. The van der Waals surface area contributed by atoms with Gasteiger partial charge < -0.3 is 15.4 Å². The number of hydrogen-bond acceptors (Lipinski definition) is 3. The van der Waals surface area contributed by atoms with Crippen molar-refractivity contribution in [3.63, 3.8) is 0 Å². The largest absolute Gasteiger partial charge is 0.379 e. The lowest BCUT2D eigenvalue weighted by Gasteiger charge is -2.24. The lowest BCUT2D eigenvalue weighted by Crippen LogP contribution is -2.35. The molecule has 120 valence electrons. The summed E-state index contributed by atoms with van der Waals surface area (Å²) in [7, 11) is 0. The molecule has 1 heterocycles. The summed E-state index contributed by atoms with van der Waals surface area (Å²) >= 11 is 0. The summed E-state index contributed by atoms with van der Waals surface area (Å²) in [6, 6.07) is 4.09. The molecule has 2 amide bonds. The van der Waals surface area contributed by atoms with Gasteiger partial charge in [-0.15, -0.1) is 0 Å². The van der Waals surface area contributed by atoms with E-state index < -0.39 is 11.7 Å². The number of carbonyl (C=O) groups excluding carboxylic acids is 2. The topological polar surface area (TPSA) is 67.4 Å². The highest BCUT2D eigenvalue weighted by Gasteiger charge is 2.30. The Kier molecular flexibility index (Phi) is 5.49. The third kappa shape index (κ3) is 4.27. The SMILES string of the molecule is CC(C)OCCCNC(=O)[C@@H]1CC(=O)Nc2cc(F)ccc21. The number of carbonyl (C=O) groups is 2. The van der Waals surface area contributed by atoms with Crippen LogP contribution in [0.1, 0.15) is 38.2 Å². The molecule has 6 heteroatoms. The Balaban J connectivity index is 1.94. The molecule has 1 aliphatic rings. The molecule has 0 spiro atoms. The number of rotatable bonds is 6. The summed E-state index contributed by atoms with van der Waals surface area (Å²) < 4.78 is 18.6. The first-order chi connectivity index (χ1) is 10.5. The number of halogens is 1. The monoisotopic (exact) mass is 308 g/mol. The van der Waals surface area contributed by atoms with Crippen LogP contribution < -0.4 is 10.6 Å². The first-order valence-corrected chi connectivity index (χ1v) is 7.46. The Morgan fingerprint density at radius 1 is 1.50 bits per heavy atom. The van der Waals surface area contributed by atoms with Crippen molar-refractivity contribution in [2.45, 2.75) is 38.7 Å². The van der Waals surface area contributed by atoms with Crippen molar-refractivity contribution in [1.82, 2.24) is 5.32 Å². The van der Waals surface area contributed by atoms with Gasteiger partial charge in [0.2, 0.25) is 11.8 Å². The van der Waals surface area contributed by atoms with E-state index in [-0.39, 0.29) is 24.3 Å². The third-order valence-electron chi connectivity index (χ3n) is 3.44. The molecule has 1 aromatic carbocycles. The number of nitrogens with one attached hydrogen (secondary N) is 2. The number of fused-ring (bicyclic) bond motifs is 1. The number of anilines is 1. The maximum absolute atomic E-state index is 13.2. The minimum Gasteiger partial charge on any atom is -0.379 e. The van der Waals surface area contributed by atoms with E-state index in [4.69, 9.17) is 4.74 Å². The highest BCUT2D eigenvalue weighted by molar-refractivity contribution is 6.01. The molecule has 1 aliphatic heterocycles. The van der Waals surface area contributed by atoms with Gasteiger partial charge in [-0.1, -0.05) is 6.07 Å². The Bertz CT molecular complexity index is 560. The Morgan fingerprint density at radius 3 is 3.00 bits per heavy atom. The molecule has 5 nitrogen and oxygen atoms in total. The van der Waals surface area contributed by atoms with Gasteiger partial charge in [-0.3, -0.25) is 9.59 Å². The number of amides is 2. The van der Waals surface area contributed by atoms with E-state index in [2.05, 4.69) is 10.6 Å². The molecule has 1 aromatic rings. The molecule has 0 aliphatic carbocycles. The fourth-order valence-corrected chi connectivity index (χ4v) is 2.40. The van der Waals surface area contributed by atoms with Crippen molar-refractivity contribution in [2.75, 3.05) is 18.5 Å². The Labute approximate surface area is 129 Å². The molecule has 2 rings (SSSR count). The zero-order valence-electron chi connectivity index (χ0n) is 12.8. The molecule has 22 heavy (non-hydrogen) atoms. The highest BCUT2D eigenvalue weighted by Crippen LogP contribution is 2.32. The van der Waals surface area contributed by atoms with Crippen molar-refractivity contribution in [2.24, 2.45) is 0 Å². The lowest BCUT2D eigenvalue weighted by atomic mass is 9.89. The van der Waals surface area contributed by atoms with E-state index in [1.807, 2.05) is 13.8 Å². The molecule has 0 fully saturated rings. The summed E-state index contributed by atoms with van der Waals surface area (Å²) in [6.07, 6.45) is 0.950. The average molecular weight is 308 g/mol. The van der Waals surface area contributed by atoms with Gasteiger partial charge in [0.25, 0.3) is 0 Å². The smallest absolute Gasteiger partial charge is 0.228 e. The van der Waals surface area contributed by atoms with Crippen molar-refractivity contribution in [3.05, 3.63) is 29.6 Å². The van der Waals surface area contributed by atoms with Crippen LogP contribution in [0.4, 0.5) is 10.1 Å². The van der Waals surface area contributed by atoms with Gasteiger partial charge in [0.1, 0.15) is 5.82 Å². The predicted octanol–water partition coefficient (Wildman–Crippen LogP) is 2.18. The number of benzene rings is 1. The van der Waals surface area contributed by atoms with Crippen LogP contribution in [0.3, 0.4) is 0 Å². The van der Waals surface area contributed by atoms with Gasteiger partial charge in [-0.2, -0.15) is 0 Å². The number of hydrogen-bond donors (Lipinski definition) is 2. The van der Waals surface area contributed by atoms with Gasteiger partial charge in [-0.25, -0.2) is 4.39 Å². The molecule has 0 unspecified atom stereocenters. The van der Waals surface area contributed by atoms with Gasteiger partial charge in [0.15, 0.2) is 0 Å². The van der Waals surface area contributed by atoms with E-state index in [1.54, 1.807) is 6.07 Å². The second-order valence-electron chi connectivity index (χ2n) is 5.60. The van der Waals surface area contributed by atoms with Gasteiger partial charge in [0, 0.05) is 25.3 Å². The summed E-state index contributed by atoms with van der Waals surface area (Å²) in [5.74, 6) is -1.50. The zero-order valence-corrected chi connectivity index (χ0v) is 12.8. The fourth-order valence-electron chi connectivity index (χ4n) is 2.40. The molecule has 0 saturated carbocycles. The van der Waals surface area contributed by atoms with Crippen LogP contribution in [0.15, 0.2) is 18.2 Å². The summed E-state index contributed by atoms with van der Waals surface area (Å²) in [4.78, 5) is 23.9. The highest BCUT2D eigenvalue weighted by atomic mass is 19.1. The van der Waals surface area contributed by atoms with E-state index in [9.17, 15) is 14.0 Å². The van der Waals surface area contributed by atoms with Crippen LogP contribution in [0.5, 0.6) is 0 Å². The van der Waals surface area contributed by atoms with Crippen LogP contribution in [-0.4, -0.2) is 31.1 Å². The van der Waals surface area contributed by atoms with Crippen LogP contribution in [0.2, 0.25) is 0 Å². The van der Waals surface area contributed by atoms with Crippen molar-refractivity contribution >= 4 is 17.5 Å². The molecule has 2 N–H and O–H groups in total. The second kappa shape index (κ2) is 7.35. The molecule has 0 aromatic heterocycles. The molecular weight excluding hydrogens is 287 g/mol. The van der Waals surface area contributed by atoms with Gasteiger partial charge in [0.05, 0.1) is 12.0 Å². The molecular formula is C16H21FN2O3. The first-order valence-electron chi connectivity index (χ1n) is 7.46. The van der Waals surface area contributed by atoms with Crippen LogP contribution in [0, 0.1) is 5.82 Å². The minimum atomic E-state index is -0.574. The predicted molar refractivity (Wildman–Crippen MR) is 81.1 cm³/mol. The fraction of sp³-hybridized carbons (Fsp3) is 0.500. The van der Waals surface area contributed by atoms with Gasteiger partial charge >= 0.3 is 0 Å². The van der Waals surface area contributed by atoms with E-state index >= 15 is 0 Å². The van der Waals surface area contributed by atoms with Crippen LogP contribution in [0.25, 0.3) is 0 Å². The summed E-state index contributed by atoms with van der Waals surface area (Å²) in [5, 5.41) is 5.40. The minimum absolute atomic E-state index is 0.0763. The maximum Gasteiger partial charge on any atom is 0.228 e. The third-order valence-corrected chi connectivity index (χ3v) is 3.44. The normalized spacial score (nSPS) is 17.1. The van der Waals surface area contributed by atoms with Gasteiger partial charge in [-0.05, 0) is 38.0 Å². The van der Waals surface area contributed by atoms with Crippen LogP contribution in [-0.2, 0) is 14.3 Å². The molecule has 0 radical (unpaired) electrons. The standard InChI is InChI=1S/C16H21FN2O3/c1-10(2)22-7-3-6-18-16(21)13-9-15(20)19-14-8-11(17)4-5-12(13)14/h4-5,8,10,13H,3,6-7,9H2,1-2H3,(H,18,21)(H,19,20)/t13-/m1/s1. The van der Waals surface area contributed by atoms with E-state index in [0.29, 0.717) is 30.8 Å². The lowest BCUT2D eigenvalue weighted by molar-refractivity contribution is -0.126.